The van der Waals surface area contributed by atoms with Crippen LogP contribution in [0.2, 0.25) is 0 Å². The van der Waals surface area contributed by atoms with Crippen molar-refractivity contribution in [1.82, 2.24) is 9.97 Å². The van der Waals surface area contributed by atoms with Gasteiger partial charge in [-0.15, -0.1) is 0 Å². The summed E-state index contributed by atoms with van der Waals surface area (Å²) in [5.41, 5.74) is 4.77. The molecule has 2 aliphatic rings. The van der Waals surface area contributed by atoms with Crippen LogP contribution >= 0.6 is 0 Å². The van der Waals surface area contributed by atoms with Gasteiger partial charge in [0.05, 0.1) is 5.69 Å². The molecule has 110 valence electrons. The van der Waals surface area contributed by atoms with Gasteiger partial charge in [0.15, 0.2) is 0 Å². The Balaban J connectivity index is 1.96. The van der Waals surface area contributed by atoms with E-state index in [9.17, 15) is 13.2 Å². The molecular formula is C13H17F3N4. The average Bonchev–Trinajstić information content (AvgIpc) is 2.18. The van der Waals surface area contributed by atoms with Gasteiger partial charge in [0.25, 0.3) is 0 Å². The van der Waals surface area contributed by atoms with E-state index in [0.717, 1.165) is 38.5 Å². The van der Waals surface area contributed by atoms with Gasteiger partial charge < -0.3 is 11.1 Å². The Morgan fingerprint density at radius 3 is 2.15 bits per heavy atom. The second-order valence-corrected chi connectivity index (χ2v) is 5.59. The zero-order valence-electron chi connectivity index (χ0n) is 11.0. The number of nitrogens with one attached hydrogen (secondary N) is 1. The van der Waals surface area contributed by atoms with Crippen LogP contribution in [0.5, 0.6) is 0 Å². The summed E-state index contributed by atoms with van der Waals surface area (Å²) in [5.74, 6) is -0.364. The summed E-state index contributed by atoms with van der Waals surface area (Å²) in [4.78, 5) is 7.92. The molecule has 0 amide bonds. The molecule has 0 aromatic carbocycles. The molecule has 1 aromatic rings. The highest BCUT2D eigenvalue weighted by Gasteiger charge is 2.41. The molecule has 0 atom stereocenters. The van der Waals surface area contributed by atoms with Crippen LogP contribution in [-0.4, -0.2) is 16.0 Å². The number of halogens is 3. The summed E-state index contributed by atoms with van der Waals surface area (Å²) in [5, 5.41) is 3.07. The van der Waals surface area contributed by atoms with E-state index in [1.165, 1.54) is 0 Å². The number of rotatable bonds is 3. The summed E-state index contributed by atoms with van der Waals surface area (Å²) < 4.78 is 39.4. The van der Waals surface area contributed by atoms with Crippen molar-refractivity contribution in [2.45, 2.75) is 56.7 Å². The van der Waals surface area contributed by atoms with Crippen molar-refractivity contribution in [1.29, 1.82) is 0 Å². The van der Waals surface area contributed by atoms with E-state index in [-0.39, 0.29) is 23.6 Å². The molecule has 20 heavy (non-hydrogen) atoms. The Bertz CT molecular complexity index is 507. The second kappa shape index (κ2) is 4.79. The van der Waals surface area contributed by atoms with E-state index in [2.05, 4.69) is 15.3 Å². The van der Waals surface area contributed by atoms with Gasteiger partial charge in [-0.3, -0.25) is 0 Å². The van der Waals surface area contributed by atoms with Crippen LogP contribution < -0.4 is 11.1 Å². The number of nitrogens with two attached hydrogens (primary N) is 1. The van der Waals surface area contributed by atoms with Gasteiger partial charge >= 0.3 is 6.18 Å². The van der Waals surface area contributed by atoms with Crippen molar-refractivity contribution in [2.75, 3.05) is 11.1 Å². The molecule has 1 aromatic heterocycles. The zero-order valence-corrected chi connectivity index (χ0v) is 11.0. The largest absolute Gasteiger partial charge is 0.421 e. The van der Waals surface area contributed by atoms with Crippen LogP contribution in [-0.2, 0) is 6.18 Å². The van der Waals surface area contributed by atoms with Gasteiger partial charge in [-0.25, -0.2) is 4.98 Å². The standard InChI is InChI=1S/C13H17F3N4/c14-13(15,16)9-10(7-3-1-4-7)19-12(20-11(9)17)18-8-5-2-6-8/h7-8H,1-6H2,(H3,17,18,19,20). The SMILES string of the molecule is Nc1nc(NC2CCC2)nc(C2CCC2)c1C(F)(F)F. The minimum absolute atomic E-state index is 0.0677. The van der Waals surface area contributed by atoms with Crippen LogP contribution in [0.3, 0.4) is 0 Å². The number of anilines is 2. The lowest BCUT2D eigenvalue weighted by molar-refractivity contribution is -0.138. The van der Waals surface area contributed by atoms with Gasteiger partial charge in [0.1, 0.15) is 11.4 Å². The van der Waals surface area contributed by atoms with Crippen molar-refractivity contribution in [3.63, 3.8) is 0 Å². The number of aromatic nitrogens is 2. The predicted molar refractivity (Wildman–Crippen MR) is 69.3 cm³/mol. The smallest absolute Gasteiger partial charge is 0.383 e. The first-order valence-electron chi connectivity index (χ1n) is 6.96. The molecule has 7 heteroatoms. The molecule has 2 fully saturated rings. The molecule has 4 nitrogen and oxygen atoms in total. The van der Waals surface area contributed by atoms with E-state index in [1.54, 1.807) is 0 Å². The predicted octanol–water partition coefficient (Wildman–Crippen LogP) is 3.31. The molecule has 2 aliphatic carbocycles. The van der Waals surface area contributed by atoms with Crippen molar-refractivity contribution in [3.05, 3.63) is 11.3 Å². The third-order valence-corrected chi connectivity index (χ3v) is 4.18. The molecule has 3 N–H and O–H groups in total. The maximum Gasteiger partial charge on any atom is 0.421 e. The number of hydrogen-bond acceptors (Lipinski definition) is 4. The zero-order chi connectivity index (χ0) is 14.3. The molecule has 0 bridgehead atoms. The average molecular weight is 286 g/mol. The lowest BCUT2D eigenvalue weighted by Crippen LogP contribution is -2.29. The molecular weight excluding hydrogens is 269 g/mol. The summed E-state index contributed by atoms with van der Waals surface area (Å²) in [6.45, 7) is 0. The highest BCUT2D eigenvalue weighted by molar-refractivity contribution is 5.50. The first kappa shape index (κ1) is 13.5. The molecule has 1 heterocycles. The summed E-state index contributed by atoms with van der Waals surface area (Å²) in [6.07, 6.45) is 1.06. The minimum atomic E-state index is -4.50. The normalized spacial score (nSPS) is 20.4. The van der Waals surface area contributed by atoms with Gasteiger partial charge in [0.2, 0.25) is 5.95 Å². The molecule has 0 radical (unpaired) electrons. The van der Waals surface area contributed by atoms with Gasteiger partial charge in [-0.1, -0.05) is 6.42 Å². The van der Waals surface area contributed by atoms with Crippen molar-refractivity contribution >= 4 is 11.8 Å². The lowest BCUT2D eigenvalue weighted by Gasteiger charge is -2.30. The Hall–Kier alpha value is -1.53. The summed E-state index contributed by atoms with van der Waals surface area (Å²) >= 11 is 0. The highest BCUT2D eigenvalue weighted by atomic mass is 19.4. The Labute approximate surface area is 115 Å². The molecule has 2 saturated carbocycles. The van der Waals surface area contributed by atoms with E-state index < -0.39 is 17.6 Å². The number of nitrogens with zero attached hydrogens (tertiary/aromatic N) is 2. The fourth-order valence-electron chi connectivity index (χ4n) is 2.56. The summed E-state index contributed by atoms with van der Waals surface area (Å²) in [7, 11) is 0. The van der Waals surface area contributed by atoms with Gasteiger partial charge in [-0.2, -0.15) is 18.2 Å². The van der Waals surface area contributed by atoms with Crippen LogP contribution in [0.1, 0.15) is 55.7 Å². The third-order valence-electron chi connectivity index (χ3n) is 4.18. The monoisotopic (exact) mass is 286 g/mol. The maximum absolute atomic E-state index is 13.1. The van der Waals surface area contributed by atoms with Crippen LogP contribution in [0.15, 0.2) is 0 Å². The quantitative estimate of drug-likeness (QED) is 0.894. The molecule has 3 rings (SSSR count). The molecule has 0 saturated heterocycles. The fraction of sp³-hybridized carbons (Fsp3) is 0.692. The Morgan fingerprint density at radius 2 is 1.70 bits per heavy atom. The van der Waals surface area contributed by atoms with Crippen molar-refractivity contribution in [3.8, 4) is 0 Å². The topological polar surface area (TPSA) is 63.8 Å². The van der Waals surface area contributed by atoms with E-state index in [0.29, 0.717) is 0 Å². The van der Waals surface area contributed by atoms with Crippen LogP contribution in [0.25, 0.3) is 0 Å². The van der Waals surface area contributed by atoms with E-state index in [1.807, 2.05) is 0 Å². The van der Waals surface area contributed by atoms with Crippen molar-refractivity contribution < 1.29 is 13.2 Å². The number of hydrogen-bond donors (Lipinski definition) is 2. The van der Waals surface area contributed by atoms with Crippen LogP contribution in [0, 0.1) is 0 Å². The van der Waals surface area contributed by atoms with Gasteiger partial charge in [-0.05, 0) is 32.1 Å². The van der Waals surface area contributed by atoms with Gasteiger partial charge in [0, 0.05) is 12.0 Å². The number of nitrogen functional groups attached to an aromatic ring is 1. The second-order valence-electron chi connectivity index (χ2n) is 5.59. The van der Waals surface area contributed by atoms with E-state index >= 15 is 0 Å². The highest BCUT2D eigenvalue weighted by Crippen LogP contribution is 2.44. The minimum Gasteiger partial charge on any atom is -0.383 e. The maximum atomic E-state index is 13.1. The first-order valence-corrected chi connectivity index (χ1v) is 6.96. The van der Waals surface area contributed by atoms with E-state index in [4.69, 9.17) is 5.73 Å². The Morgan fingerprint density at radius 1 is 1.05 bits per heavy atom. The third kappa shape index (κ3) is 2.41. The molecule has 0 aliphatic heterocycles. The molecule has 0 spiro atoms. The van der Waals surface area contributed by atoms with Crippen molar-refractivity contribution in [2.24, 2.45) is 0 Å². The number of alkyl halides is 3. The molecule has 0 unspecified atom stereocenters. The fourth-order valence-corrected chi connectivity index (χ4v) is 2.56. The lowest BCUT2D eigenvalue weighted by atomic mass is 9.81. The van der Waals surface area contributed by atoms with Crippen LogP contribution in [0.4, 0.5) is 24.9 Å². The Kier molecular flexibility index (Phi) is 3.22. The summed E-state index contributed by atoms with van der Waals surface area (Å²) in [6, 6.07) is 0.264. The first-order chi connectivity index (χ1) is 9.45.